The molecule has 0 bridgehead atoms. The number of benzene rings is 2. The third kappa shape index (κ3) is 3.37. The fourth-order valence-electron chi connectivity index (χ4n) is 3.47. The average molecular weight is 488 g/mol. The zero-order chi connectivity index (χ0) is 20.8. The molecule has 6 aromatic rings. The maximum absolute atomic E-state index is 4.87. The predicted octanol–water partition coefficient (Wildman–Crippen LogP) is 5.90. The van der Waals surface area contributed by atoms with Crippen molar-refractivity contribution in [3.63, 3.8) is 0 Å². The Morgan fingerprint density at radius 2 is 1.94 bits per heavy atom. The summed E-state index contributed by atoms with van der Waals surface area (Å²) in [5, 5.41) is 21.7. The molecule has 4 heterocycles. The third-order valence-corrected chi connectivity index (χ3v) is 6.37. The van der Waals surface area contributed by atoms with Crippen LogP contribution in [0, 0.1) is 0 Å². The van der Waals surface area contributed by atoms with Crippen LogP contribution >= 0.6 is 27.3 Å². The molecule has 9 heteroatoms. The quantitative estimate of drug-likeness (QED) is 0.323. The van der Waals surface area contributed by atoms with Crippen LogP contribution in [0.2, 0.25) is 0 Å². The molecule has 0 unspecified atom stereocenters. The fourth-order valence-corrected chi connectivity index (χ4v) is 4.52. The molecular weight excluding hydrogens is 474 g/mol. The lowest BCUT2D eigenvalue weighted by molar-refractivity contribution is 1.09. The van der Waals surface area contributed by atoms with E-state index in [-0.39, 0.29) is 0 Å². The Bertz CT molecular complexity index is 1530. The normalized spacial score (nSPS) is 11.4. The van der Waals surface area contributed by atoms with Gasteiger partial charge in [0.05, 0.1) is 23.0 Å². The van der Waals surface area contributed by atoms with Crippen molar-refractivity contribution in [3.8, 4) is 21.8 Å². The van der Waals surface area contributed by atoms with Crippen molar-refractivity contribution in [2.75, 3.05) is 5.32 Å². The molecule has 4 aromatic heterocycles. The van der Waals surface area contributed by atoms with E-state index in [1.165, 1.54) is 11.3 Å². The van der Waals surface area contributed by atoms with Crippen molar-refractivity contribution in [1.82, 2.24) is 29.8 Å². The number of halogens is 1. The number of fused-ring (bicyclic) bond motifs is 2. The van der Waals surface area contributed by atoms with E-state index in [0.29, 0.717) is 0 Å². The maximum Gasteiger partial charge on any atom is 0.210 e. The van der Waals surface area contributed by atoms with Crippen LogP contribution in [0.25, 0.3) is 38.4 Å². The number of pyridine rings is 1. The summed E-state index contributed by atoms with van der Waals surface area (Å²) in [6, 6.07) is 18.2. The van der Waals surface area contributed by atoms with Crippen LogP contribution in [0.1, 0.15) is 0 Å². The van der Waals surface area contributed by atoms with Gasteiger partial charge in [-0.05, 0) is 42.5 Å². The summed E-state index contributed by atoms with van der Waals surface area (Å²) in [5.41, 5.74) is 5.71. The highest BCUT2D eigenvalue weighted by molar-refractivity contribution is 9.10. The van der Waals surface area contributed by atoms with E-state index in [2.05, 4.69) is 53.8 Å². The van der Waals surface area contributed by atoms with Crippen molar-refractivity contribution in [3.05, 3.63) is 77.7 Å². The molecule has 0 saturated carbocycles. The van der Waals surface area contributed by atoms with Crippen molar-refractivity contribution >= 4 is 54.6 Å². The van der Waals surface area contributed by atoms with Crippen LogP contribution in [0.4, 0.5) is 10.8 Å². The lowest BCUT2D eigenvalue weighted by atomic mass is 10.2. The summed E-state index contributed by atoms with van der Waals surface area (Å²) in [7, 11) is 0. The van der Waals surface area contributed by atoms with Crippen LogP contribution in [0.15, 0.2) is 77.7 Å². The Balaban J connectivity index is 1.34. The van der Waals surface area contributed by atoms with E-state index in [1.807, 2.05) is 59.3 Å². The second-order valence-electron chi connectivity index (χ2n) is 7.00. The Hall–Kier alpha value is -3.56. The van der Waals surface area contributed by atoms with E-state index in [1.54, 1.807) is 6.20 Å². The molecule has 7 nitrogen and oxygen atoms in total. The zero-order valence-corrected chi connectivity index (χ0v) is 18.4. The number of aromatic nitrogens is 6. The Morgan fingerprint density at radius 3 is 2.84 bits per heavy atom. The van der Waals surface area contributed by atoms with Crippen LogP contribution in [0.5, 0.6) is 0 Å². The summed E-state index contributed by atoms with van der Waals surface area (Å²) in [5.74, 6) is 0. The van der Waals surface area contributed by atoms with E-state index in [9.17, 15) is 0 Å². The van der Waals surface area contributed by atoms with Gasteiger partial charge in [-0.15, -0.1) is 10.2 Å². The molecule has 6 rings (SSSR count). The lowest BCUT2D eigenvalue weighted by Crippen LogP contribution is -1.88. The molecule has 0 aliphatic rings. The van der Waals surface area contributed by atoms with Crippen molar-refractivity contribution < 1.29 is 0 Å². The van der Waals surface area contributed by atoms with Gasteiger partial charge in [0.1, 0.15) is 5.65 Å². The highest BCUT2D eigenvalue weighted by Gasteiger charge is 2.14. The second-order valence-corrected chi connectivity index (χ2v) is 8.89. The van der Waals surface area contributed by atoms with Gasteiger partial charge < -0.3 is 9.72 Å². The summed E-state index contributed by atoms with van der Waals surface area (Å²) in [4.78, 5) is 4.87. The lowest BCUT2D eigenvalue weighted by Gasteiger charge is -2.01. The SMILES string of the molecule is Brc1ccc(-c2cn3cccc(-c4nnc(Nc5ccc6[nH]ncc6c5)s4)c3n2)cc1. The molecule has 2 N–H and O–H groups in total. The van der Waals surface area contributed by atoms with Gasteiger partial charge in [0.25, 0.3) is 0 Å². The van der Waals surface area contributed by atoms with E-state index in [4.69, 9.17) is 4.98 Å². The molecule has 0 radical (unpaired) electrons. The Kier molecular flexibility index (Phi) is 4.29. The number of imidazole rings is 1. The zero-order valence-electron chi connectivity index (χ0n) is 16.0. The van der Waals surface area contributed by atoms with Crippen molar-refractivity contribution in [1.29, 1.82) is 0 Å². The van der Waals surface area contributed by atoms with Gasteiger partial charge >= 0.3 is 0 Å². The first kappa shape index (κ1) is 18.2. The monoisotopic (exact) mass is 487 g/mol. The summed E-state index contributed by atoms with van der Waals surface area (Å²) >= 11 is 4.97. The van der Waals surface area contributed by atoms with E-state index >= 15 is 0 Å². The number of nitrogens with zero attached hydrogens (tertiary/aromatic N) is 5. The maximum atomic E-state index is 4.87. The molecule has 0 atom stereocenters. The van der Waals surface area contributed by atoms with Gasteiger partial charge in [0.15, 0.2) is 5.01 Å². The van der Waals surface area contributed by atoms with Crippen LogP contribution in [0.3, 0.4) is 0 Å². The van der Waals surface area contributed by atoms with Gasteiger partial charge in [-0.25, -0.2) is 4.98 Å². The first-order chi connectivity index (χ1) is 15.2. The van der Waals surface area contributed by atoms with Crippen molar-refractivity contribution in [2.24, 2.45) is 0 Å². The molecular formula is C22H14BrN7S. The summed E-state index contributed by atoms with van der Waals surface area (Å²) in [6.45, 7) is 0. The summed E-state index contributed by atoms with van der Waals surface area (Å²) in [6.07, 6.45) is 5.82. The highest BCUT2D eigenvalue weighted by atomic mass is 79.9. The minimum absolute atomic E-state index is 0.722. The Morgan fingerprint density at radius 1 is 1.03 bits per heavy atom. The molecule has 31 heavy (non-hydrogen) atoms. The van der Waals surface area contributed by atoms with Gasteiger partial charge in [-0.1, -0.05) is 39.4 Å². The van der Waals surface area contributed by atoms with Crippen LogP contribution in [-0.4, -0.2) is 29.8 Å². The van der Waals surface area contributed by atoms with Crippen LogP contribution < -0.4 is 5.32 Å². The molecule has 0 amide bonds. The van der Waals surface area contributed by atoms with Gasteiger partial charge in [-0.3, -0.25) is 5.10 Å². The molecule has 0 saturated heterocycles. The molecule has 0 aliphatic carbocycles. The highest BCUT2D eigenvalue weighted by Crippen LogP contribution is 2.32. The number of hydrogen-bond acceptors (Lipinski definition) is 6. The smallest absolute Gasteiger partial charge is 0.210 e. The second kappa shape index (κ2) is 7.29. The molecule has 0 aliphatic heterocycles. The first-order valence-corrected chi connectivity index (χ1v) is 11.1. The van der Waals surface area contributed by atoms with E-state index in [0.717, 1.165) is 53.7 Å². The largest absolute Gasteiger partial charge is 0.330 e. The first-order valence-electron chi connectivity index (χ1n) is 9.51. The summed E-state index contributed by atoms with van der Waals surface area (Å²) < 4.78 is 3.06. The minimum atomic E-state index is 0.722. The van der Waals surface area contributed by atoms with Gasteiger partial charge in [0, 0.05) is 33.5 Å². The number of rotatable bonds is 4. The number of aromatic amines is 1. The van der Waals surface area contributed by atoms with Crippen molar-refractivity contribution in [2.45, 2.75) is 0 Å². The standard InChI is InChI=1S/C22H14BrN7S/c23-15-5-3-13(4-6-15)19-12-30-9-1-2-17(20(30)26-19)21-28-29-22(31-21)25-16-7-8-18-14(10-16)11-24-27-18/h1-12H,(H,24,27)(H,25,29). The number of anilines is 2. The molecule has 150 valence electrons. The fraction of sp³-hybridized carbons (Fsp3) is 0. The molecule has 0 fully saturated rings. The van der Waals surface area contributed by atoms with Gasteiger partial charge in [-0.2, -0.15) is 5.10 Å². The van der Waals surface area contributed by atoms with Crippen LogP contribution in [-0.2, 0) is 0 Å². The number of H-pyrrole nitrogens is 1. The average Bonchev–Trinajstić information content (AvgIpc) is 3.53. The van der Waals surface area contributed by atoms with Gasteiger partial charge in [0.2, 0.25) is 5.13 Å². The Labute approximate surface area is 188 Å². The predicted molar refractivity (Wildman–Crippen MR) is 127 cm³/mol. The van der Waals surface area contributed by atoms with E-state index < -0.39 is 0 Å². The number of nitrogens with one attached hydrogen (secondary N) is 2. The molecule has 0 spiro atoms. The molecule has 2 aromatic carbocycles. The third-order valence-electron chi connectivity index (χ3n) is 4.97. The minimum Gasteiger partial charge on any atom is -0.330 e. The topological polar surface area (TPSA) is 83.8 Å². The number of hydrogen-bond donors (Lipinski definition) is 2.